The first kappa shape index (κ1) is 9.12. The van der Waals surface area contributed by atoms with Gasteiger partial charge in [-0.15, -0.1) is 0 Å². The van der Waals surface area contributed by atoms with E-state index in [4.69, 9.17) is 0 Å². The second kappa shape index (κ2) is 4.15. The number of hydrogen-bond donors (Lipinski definition) is 1. The molecule has 0 saturated carbocycles. The third kappa shape index (κ3) is 2.27. The SMILES string of the molecule is CNCCn1cc(C(F)F)cn1. The van der Waals surface area contributed by atoms with Crippen LogP contribution in [-0.4, -0.2) is 23.4 Å². The van der Waals surface area contributed by atoms with Gasteiger partial charge in [0.15, 0.2) is 0 Å². The van der Waals surface area contributed by atoms with Crippen LogP contribution in [0.2, 0.25) is 0 Å². The lowest BCUT2D eigenvalue weighted by Crippen LogP contribution is -2.14. The molecule has 68 valence electrons. The van der Waals surface area contributed by atoms with E-state index in [-0.39, 0.29) is 5.56 Å². The lowest BCUT2D eigenvalue weighted by atomic mass is 10.4. The van der Waals surface area contributed by atoms with Gasteiger partial charge < -0.3 is 5.32 Å². The standard InChI is InChI=1S/C7H11F2N3/c1-10-2-3-12-5-6(4-11-12)7(8)9/h4-5,7,10H,2-3H2,1H3. The van der Waals surface area contributed by atoms with Gasteiger partial charge in [0.1, 0.15) is 0 Å². The molecule has 1 heterocycles. The molecule has 5 heteroatoms. The van der Waals surface area contributed by atoms with Crippen LogP contribution >= 0.6 is 0 Å². The zero-order chi connectivity index (χ0) is 8.97. The van der Waals surface area contributed by atoms with Crippen molar-refractivity contribution in [2.75, 3.05) is 13.6 Å². The maximum Gasteiger partial charge on any atom is 0.266 e. The van der Waals surface area contributed by atoms with E-state index in [1.165, 1.54) is 17.1 Å². The number of aromatic nitrogens is 2. The minimum atomic E-state index is -2.42. The average Bonchev–Trinajstić information content (AvgIpc) is 2.48. The molecule has 1 aromatic rings. The van der Waals surface area contributed by atoms with Gasteiger partial charge in [0.2, 0.25) is 0 Å². The lowest BCUT2D eigenvalue weighted by molar-refractivity contribution is 0.151. The fraction of sp³-hybridized carbons (Fsp3) is 0.571. The van der Waals surface area contributed by atoms with Gasteiger partial charge in [-0.25, -0.2) is 8.78 Å². The smallest absolute Gasteiger partial charge is 0.266 e. The highest BCUT2D eigenvalue weighted by molar-refractivity contribution is 5.04. The molecule has 0 bridgehead atoms. The highest BCUT2D eigenvalue weighted by atomic mass is 19.3. The molecule has 0 aromatic carbocycles. The monoisotopic (exact) mass is 175 g/mol. The maximum absolute atomic E-state index is 12.0. The number of nitrogens with zero attached hydrogens (tertiary/aromatic N) is 2. The molecule has 0 unspecified atom stereocenters. The number of hydrogen-bond acceptors (Lipinski definition) is 2. The number of rotatable bonds is 4. The second-order valence-electron chi connectivity index (χ2n) is 2.44. The first-order valence-electron chi connectivity index (χ1n) is 3.69. The molecule has 0 atom stereocenters. The molecule has 0 saturated heterocycles. The molecule has 0 aliphatic heterocycles. The molecule has 0 aliphatic carbocycles. The van der Waals surface area contributed by atoms with Crippen molar-refractivity contribution in [2.45, 2.75) is 13.0 Å². The first-order valence-corrected chi connectivity index (χ1v) is 3.69. The van der Waals surface area contributed by atoms with E-state index in [9.17, 15) is 8.78 Å². The van der Waals surface area contributed by atoms with Crippen LogP contribution < -0.4 is 5.32 Å². The van der Waals surface area contributed by atoms with Gasteiger partial charge >= 0.3 is 0 Å². The first-order chi connectivity index (χ1) is 5.74. The minimum Gasteiger partial charge on any atom is -0.318 e. The van der Waals surface area contributed by atoms with Crippen molar-refractivity contribution >= 4 is 0 Å². The van der Waals surface area contributed by atoms with Crippen LogP contribution in [0.15, 0.2) is 12.4 Å². The van der Waals surface area contributed by atoms with Crippen molar-refractivity contribution in [3.05, 3.63) is 18.0 Å². The molecular formula is C7H11F2N3. The van der Waals surface area contributed by atoms with Crippen LogP contribution in [-0.2, 0) is 6.54 Å². The third-order valence-corrected chi connectivity index (χ3v) is 1.50. The third-order valence-electron chi connectivity index (χ3n) is 1.50. The Labute approximate surface area is 69.4 Å². The van der Waals surface area contributed by atoms with Gasteiger partial charge in [0.05, 0.1) is 18.3 Å². The summed E-state index contributed by atoms with van der Waals surface area (Å²) < 4.78 is 25.6. The molecule has 1 rings (SSSR count). The molecule has 0 radical (unpaired) electrons. The summed E-state index contributed by atoms with van der Waals surface area (Å²) in [6.07, 6.45) is 0.135. The Kier molecular flexibility index (Phi) is 3.16. The fourth-order valence-corrected chi connectivity index (χ4v) is 0.841. The molecular weight excluding hydrogens is 164 g/mol. The molecule has 0 fully saturated rings. The van der Waals surface area contributed by atoms with Gasteiger partial charge in [-0.3, -0.25) is 4.68 Å². The largest absolute Gasteiger partial charge is 0.318 e. The van der Waals surface area contributed by atoms with Gasteiger partial charge in [0.25, 0.3) is 6.43 Å². The molecule has 3 nitrogen and oxygen atoms in total. The Hall–Kier alpha value is -0.970. The van der Waals surface area contributed by atoms with Crippen LogP contribution in [0.3, 0.4) is 0 Å². The summed E-state index contributed by atoms with van der Waals surface area (Å²) in [5.74, 6) is 0. The van der Waals surface area contributed by atoms with E-state index in [1.807, 2.05) is 0 Å². The van der Waals surface area contributed by atoms with E-state index < -0.39 is 6.43 Å². The van der Waals surface area contributed by atoms with E-state index in [0.717, 1.165) is 6.54 Å². The van der Waals surface area contributed by atoms with Crippen molar-refractivity contribution in [3.63, 3.8) is 0 Å². The molecule has 0 aliphatic rings. The van der Waals surface area contributed by atoms with Crippen LogP contribution in [0.4, 0.5) is 8.78 Å². The van der Waals surface area contributed by atoms with Crippen LogP contribution in [0.5, 0.6) is 0 Å². The zero-order valence-electron chi connectivity index (χ0n) is 6.80. The van der Waals surface area contributed by atoms with Crippen LogP contribution in [0.1, 0.15) is 12.0 Å². The quantitative estimate of drug-likeness (QED) is 0.741. The Balaban J connectivity index is 2.52. The Morgan fingerprint density at radius 2 is 2.42 bits per heavy atom. The van der Waals surface area contributed by atoms with E-state index in [2.05, 4.69) is 10.4 Å². The summed E-state index contributed by atoms with van der Waals surface area (Å²) in [5.41, 5.74) is -0.0221. The van der Waals surface area contributed by atoms with Crippen molar-refractivity contribution in [3.8, 4) is 0 Å². The predicted molar refractivity (Wildman–Crippen MR) is 41.1 cm³/mol. The normalized spacial score (nSPS) is 11.0. The van der Waals surface area contributed by atoms with Gasteiger partial charge in [-0.2, -0.15) is 5.10 Å². The van der Waals surface area contributed by atoms with Crippen LogP contribution in [0, 0.1) is 0 Å². The van der Waals surface area contributed by atoms with Crippen LogP contribution in [0.25, 0.3) is 0 Å². The molecule has 0 amide bonds. The van der Waals surface area contributed by atoms with E-state index >= 15 is 0 Å². The minimum absolute atomic E-state index is 0.0221. The predicted octanol–water partition coefficient (Wildman–Crippen LogP) is 1.04. The Bertz CT molecular complexity index is 234. The Morgan fingerprint density at radius 1 is 1.67 bits per heavy atom. The van der Waals surface area contributed by atoms with E-state index in [0.29, 0.717) is 6.54 Å². The maximum atomic E-state index is 12.0. The fourth-order valence-electron chi connectivity index (χ4n) is 0.841. The summed E-state index contributed by atoms with van der Waals surface area (Å²) in [4.78, 5) is 0. The Morgan fingerprint density at radius 3 is 2.92 bits per heavy atom. The zero-order valence-corrected chi connectivity index (χ0v) is 6.80. The summed E-state index contributed by atoms with van der Waals surface area (Å²) >= 11 is 0. The number of nitrogens with one attached hydrogen (secondary N) is 1. The number of halogens is 2. The molecule has 1 aromatic heterocycles. The molecule has 1 N–H and O–H groups in total. The van der Waals surface area contributed by atoms with E-state index in [1.54, 1.807) is 7.05 Å². The lowest BCUT2D eigenvalue weighted by Gasteiger charge is -1.98. The second-order valence-corrected chi connectivity index (χ2v) is 2.44. The molecule has 12 heavy (non-hydrogen) atoms. The highest BCUT2D eigenvalue weighted by Crippen LogP contribution is 2.16. The summed E-state index contributed by atoms with van der Waals surface area (Å²) in [6.45, 7) is 1.34. The van der Waals surface area contributed by atoms with Gasteiger partial charge in [-0.05, 0) is 7.05 Å². The highest BCUT2D eigenvalue weighted by Gasteiger charge is 2.08. The van der Waals surface area contributed by atoms with Gasteiger partial charge in [0, 0.05) is 12.7 Å². The topological polar surface area (TPSA) is 29.9 Å². The van der Waals surface area contributed by atoms with Crippen molar-refractivity contribution < 1.29 is 8.78 Å². The van der Waals surface area contributed by atoms with Crippen molar-refractivity contribution in [1.82, 2.24) is 15.1 Å². The van der Waals surface area contributed by atoms with Crippen molar-refractivity contribution in [1.29, 1.82) is 0 Å². The number of alkyl halides is 2. The average molecular weight is 175 g/mol. The summed E-state index contributed by atoms with van der Waals surface area (Å²) in [7, 11) is 1.80. The summed E-state index contributed by atoms with van der Waals surface area (Å²) in [6, 6.07) is 0. The van der Waals surface area contributed by atoms with Gasteiger partial charge in [-0.1, -0.05) is 0 Å². The number of likely N-dealkylation sites (N-methyl/N-ethyl adjacent to an activating group) is 1. The molecule has 0 spiro atoms. The summed E-state index contributed by atoms with van der Waals surface area (Å²) in [5, 5.41) is 6.68. The van der Waals surface area contributed by atoms with Crippen molar-refractivity contribution in [2.24, 2.45) is 0 Å².